The molecule has 1 saturated heterocycles. The molecule has 0 aliphatic carbocycles. The van der Waals surface area contributed by atoms with Crippen molar-refractivity contribution < 1.29 is 4.74 Å². The smallest absolute Gasteiger partial charge is 0.0694 e. The predicted molar refractivity (Wildman–Crippen MR) is 83.9 cm³/mol. The van der Waals surface area contributed by atoms with Gasteiger partial charge in [-0.2, -0.15) is 0 Å². The topological polar surface area (TPSA) is 24.5 Å². The van der Waals surface area contributed by atoms with Gasteiger partial charge in [0.25, 0.3) is 0 Å². The van der Waals surface area contributed by atoms with Crippen molar-refractivity contribution in [3.05, 3.63) is 28.2 Å². The SMILES string of the molecule is CNC(C)c1cc(Br)ccc1N1CCOCC1(C)C. The maximum absolute atomic E-state index is 5.62. The average molecular weight is 327 g/mol. The van der Waals surface area contributed by atoms with Crippen LogP contribution in [0.15, 0.2) is 22.7 Å². The second kappa shape index (κ2) is 5.81. The third-order valence-electron chi connectivity index (χ3n) is 3.83. The molecule has 0 spiro atoms. The molecule has 4 heteroatoms. The molecule has 1 aromatic carbocycles. The largest absolute Gasteiger partial charge is 0.377 e. The summed E-state index contributed by atoms with van der Waals surface area (Å²) in [6, 6.07) is 6.86. The Morgan fingerprint density at radius 3 is 2.79 bits per heavy atom. The van der Waals surface area contributed by atoms with Crippen LogP contribution in [0.2, 0.25) is 0 Å². The van der Waals surface area contributed by atoms with E-state index < -0.39 is 0 Å². The molecule has 3 nitrogen and oxygen atoms in total. The van der Waals surface area contributed by atoms with Crippen molar-refractivity contribution in [2.45, 2.75) is 32.4 Å². The van der Waals surface area contributed by atoms with E-state index in [-0.39, 0.29) is 5.54 Å². The molecular formula is C15H23BrN2O. The third kappa shape index (κ3) is 3.12. The summed E-state index contributed by atoms with van der Waals surface area (Å²) in [4.78, 5) is 2.46. The summed E-state index contributed by atoms with van der Waals surface area (Å²) in [7, 11) is 2.00. The second-order valence-electron chi connectivity index (χ2n) is 5.73. The molecule has 0 saturated carbocycles. The molecule has 19 heavy (non-hydrogen) atoms. The van der Waals surface area contributed by atoms with E-state index in [2.05, 4.69) is 65.1 Å². The maximum Gasteiger partial charge on any atom is 0.0694 e. The molecule has 2 rings (SSSR count). The minimum Gasteiger partial charge on any atom is -0.377 e. The molecule has 1 fully saturated rings. The molecule has 1 heterocycles. The lowest BCUT2D eigenvalue weighted by Gasteiger charge is -2.45. The number of ether oxygens (including phenoxy) is 1. The van der Waals surface area contributed by atoms with Gasteiger partial charge >= 0.3 is 0 Å². The van der Waals surface area contributed by atoms with Crippen LogP contribution >= 0.6 is 15.9 Å². The van der Waals surface area contributed by atoms with Crippen molar-refractivity contribution in [3.63, 3.8) is 0 Å². The zero-order valence-corrected chi connectivity index (χ0v) is 13.8. The van der Waals surface area contributed by atoms with Crippen LogP contribution < -0.4 is 10.2 Å². The number of anilines is 1. The quantitative estimate of drug-likeness (QED) is 0.921. The number of morpholine rings is 1. The minimum atomic E-state index is 0.0360. The van der Waals surface area contributed by atoms with Gasteiger partial charge in [-0.05, 0) is 51.6 Å². The van der Waals surface area contributed by atoms with E-state index in [0.717, 1.165) is 24.2 Å². The number of rotatable bonds is 3. The summed E-state index contributed by atoms with van der Waals surface area (Å²) < 4.78 is 6.74. The monoisotopic (exact) mass is 326 g/mol. The van der Waals surface area contributed by atoms with E-state index in [9.17, 15) is 0 Å². The van der Waals surface area contributed by atoms with Gasteiger partial charge in [0.2, 0.25) is 0 Å². The van der Waals surface area contributed by atoms with Gasteiger partial charge in [-0.15, -0.1) is 0 Å². The first-order valence-corrected chi connectivity index (χ1v) is 7.57. The normalized spacial score (nSPS) is 20.4. The fourth-order valence-electron chi connectivity index (χ4n) is 2.58. The van der Waals surface area contributed by atoms with Crippen molar-refractivity contribution in [2.24, 2.45) is 0 Å². The minimum absolute atomic E-state index is 0.0360. The van der Waals surface area contributed by atoms with Crippen LogP contribution in [0.5, 0.6) is 0 Å². The average Bonchev–Trinajstić information content (AvgIpc) is 2.38. The zero-order chi connectivity index (χ0) is 14.0. The Morgan fingerprint density at radius 2 is 2.16 bits per heavy atom. The van der Waals surface area contributed by atoms with E-state index in [0.29, 0.717) is 6.04 Å². The van der Waals surface area contributed by atoms with Crippen molar-refractivity contribution in [1.82, 2.24) is 5.32 Å². The highest BCUT2D eigenvalue weighted by Gasteiger charge is 2.32. The Morgan fingerprint density at radius 1 is 1.42 bits per heavy atom. The summed E-state index contributed by atoms with van der Waals surface area (Å²) >= 11 is 3.58. The third-order valence-corrected chi connectivity index (χ3v) is 4.32. The number of benzene rings is 1. The summed E-state index contributed by atoms with van der Waals surface area (Å²) in [5.74, 6) is 0. The summed E-state index contributed by atoms with van der Waals surface area (Å²) in [6.45, 7) is 9.18. The van der Waals surface area contributed by atoms with Gasteiger partial charge in [0.05, 0.1) is 18.8 Å². The molecule has 1 N–H and O–H groups in total. The molecule has 0 radical (unpaired) electrons. The number of hydrogen-bond acceptors (Lipinski definition) is 3. The zero-order valence-electron chi connectivity index (χ0n) is 12.2. The molecule has 0 amide bonds. The van der Waals surface area contributed by atoms with Crippen molar-refractivity contribution >= 4 is 21.6 Å². The molecule has 1 atom stereocenters. The van der Waals surface area contributed by atoms with Gasteiger partial charge in [-0.1, -0.05) is 15.9 Å². The molecular weight excluding hydrogens is 304 g/mol. The molecule has 1 aliphatic heterocycles. The van der Waals surface area contributed by atoms with Crippen LogP contribution in [-0.2, 0) is 4.74 Å². The standard InChI is InChI=1S/C15H23BrN2O/c1-11(17-4)13-9-12(16)5-6-14(13)18-7-8-19-10-15(18,2)3/h5-6,9,11,17H,7-8,10H2,1-4H3. The Balaban J connectivity index is 2.43. The van der Waals surface area contributed by atoms with Gasteiger partial charge in [0.15, 0.2) is 0 Å². The molecule has 0 bridgehead atoms. The lowest BCUT2D eigenvalue weighted by atomic mass is 9.97. The van der Waals surface area contributed by atoms with Crippen LogP contribution in [0.3, 0.4) is 0 Å². The van der Waals surface area contributed by atoms with Gasteiger partial charge in [0.1, 0.15) is 0 Å². The highest BCUT2D eigenvalue weighted by atomic mass is 79.9. The number of nitrogens with zero attached hydrogens (tertiary/aromatic N) is 1. The van der Waals surface area contributed by atoms with Gasteiger partial charge in [-0.25, -0.2) is 0 Å². The number of halogens is 1. The Labute approximate surface area is 124 Å². The van der Waals surface area contributed by atoms with Crippen LogP contribution in [-0.4, -0.2) is 32.3 Å². The van der Waals surface area contributed by atoms with Crippen LogP contribution in [0.1, 0.15) is 32.4 Å². The predicted octanol–water partition coefficient (Wildman–Crippen LogP) is 3.34. The molecule has 1 aliphatic rings. The fourth-order valence-corrected chi connectivity index (χ4v) is 2.96. The van der Waals surface area contributed by atoms with E-state index in [1.54, 1.807) is 0 Å². The lowest BCUT2D eigenvalue weighted by molar-refractivity contribution is 0.0642. The van der Waals surface area contributed by atoms with Gasteiger partial charge in [0, 0.05) is 22.7 Å². The van der Waals surface area contributed by atoms with E-state index in [1.165, 1.54) is 11.3 Å². The van der Waals surface area contributed by atoms with Crippen molar-refractivity contribution in [1.29, 1.82) is 0 Å². The van der Waals surface area contributed by atoms with Crippen LogP contribution in [0, 0.1) is 0 Å². The molecule has 1 unspecified atom stereocenters. The van der Waals surface area contributed by atoms with Crippen LogP contribution in [0.25, 0.3) is 0 Å². The van der Waals surface area contributed by atoms with E-state index in [1.807, 2.05) is 7.05 Å². The molecule has 1 aromatic rings. The summed E-state index contributed by atoms with van der Waals surface area (Å²) in [6.07, 6.45) is 0. The van der Waals surface area contributed by atoms with Crippen LogP contribution in [0.4, 0.5) is 5.69 Å². The highest BCUT2D eigenvalue weighted by Crippen LogP contribution is 2.34. The van der Waals surface area contributed by atoms with Gasteiger partial charge in [-0.3, -0.25) is 0 Å². The Hall–Kier alpha value is -0.580. The van der Waals surface area contributed by atoms with E-state index in [4.69, 9.17) is 4.74 Å². The fraction of sp³-hybridized carbons (Fsp3) is 0.600. The Bertz CT molecular complexity index is 448. The first-order valence-electron chi connectivity index (χ1n) is 6.78. The highest BCUT2D eigenvalue weighted by molar-refractivity contribution is 9.10. The summed E-state index contributed by atoms with van der Waals surface area (Å²) in [5.41, 5.74) is 2.67. The first-order chi connectivity index (χ1) is 8.95. The number of nitrogens with one attached hydrogen (secondary N) is 1. The molecule has 0 aromatic heterocycles. The second-order valence-corrected chi connectivity index (χ2v) is 6.65. The first kappa shape index (κ1) is 14.8. The van der Waals surface area contributed by atoms with Gasteiger partial charge < -0.3 is 15.0 Å². The van der Waals surface area contributed by atoms with Crippen molar-refractivity contribution in [3.8, 4) is 0 Å². The Kier molecular flexibility index (Phi) is 4.54. The lowest BCUT2D eigenvalue weighted by Crippen LogP contribution is -2.53. The summed E-state index contributed by atoms with van der Waals surface area (Å²) in [5, 5.41) is 3.34. The van der Waals surface area contributed by atoms with Crippen molar-refractivity contribution in [2.75, 3.05) is 31.7 Å². The molecule has 106 valence electrons. The number of hydrogen-bond donors (Lipinski definition) is 1. The maximum atomic E-state index is 5.62. The van der Waals surface area contributed by atoms with E-state index >= 15 is 0 Å².